The molecule has 0 saturated heterocycles. The second-order valence-corrected chi connectivity index (χ2v) is 6.26. The molecule has 0 aromatic heterocycles. The predicted octanol–water partition coefficient (Wildman–Crippen LogP) is 4.02. The zero-order chi connectivity index (χ0) is 16.5. The predicted molar refractivity (Wildman–Crippen MR) is 91.0 cm³/mol. The van der Waals surface area contributed by atoms with E-state index in [1.54, 1.807) is 0 Å². The number of rotatable bonds is 9. The van der Waals surface area contributed by atoms with Crippen molar-refractivity contribution in [3.8, 4) is 0 Å². The molecule has 122 valence electrons. The quantitative estimate of drug-likeness (QED) is 0.701. The van der Waals surface area contributed by atoms with Gasteiger partial charge in [-0.05, 0) is 11.1 Å². The van der Waals surface area contributed by atoms with E-state index in [0.29, 0.717) is 19.8 Å². The van der Waals surface area contributed by atoms with Crippen LogP contribution in [0.1, 0.15) is 25.0 Å². The maximum atomic E-state index is 12.3. The number of Topliss-reactive ketones (excluding diaryl/α,β-unsaturated/α-hetero) is 1. The van der Waals surface area contributed by atoms with Gasteiger partial charge in [0.2, 0.25) is 0 Å². The lowest BCUT2D eigenvalue weighted by Crippen LogP contribution is -2.32. The first kappa shape index (κ1) is 17.4. The van der Waals surface area contributed by atoms with Crippen LogP contribution in [0.5, 0.6) is 0 Å². The molecule has 2 rings (SSSR count). The number of ether oxygens (including phenoxy) is 2. The molecule has 3 heteroatoms. The molecular formula is C20H24O3. The lowest BCUT2D eigenvalue weighted by molar-refractivity contribution is -0.135. The summed E-state index contributed by atoms with van der Waals surface area (Å²) in [5.74, 6) is 0.0569. The summed E-state index contributed by atoms with van der Waals surface area (Å²) in [4.78, 5) is 12.3. The topological polar surface area (TPSA) is 35.5 Å². The fourth-order valence-corrected chi connectivity index (χ4v) is 2.11. The van der Waals surface area contributed by atoms with Crippen LogP contribution in [0.2, 0.25) is 0 Å². The van der Waals surface area contributed by atoms with Gasteiger partial charge in [-0.2, -0.15) is 0 Å². The first-order chi connectivity index (χ1) is 11.1. The molecule has 0 aliphatic carbocycles. The normalized spacial score (nSPS) is 11.4. The Labute approximate surface area is 138 Å². The van der Waals surface area contributed by atoms with Crippen molar-refractivity contribution in [1.29, 1.82) is 0 Å². The van der Waals surface area contributed by atoms with E-state index in [2.05, 4.69) is 0 Å². The molecule has 0 spiro atoms. The van der Waals surface area contributed by atoms with Crippen molar-refractivity contribution in [3.05, 3.63) is 71.8 Å². The Kier molecular flexibility index (Phi) is 6.51. The molecule has 0 fully saturated rings. The van der Waals surface area contributed by atoms with E-state index in [4.69, 9.17) is 9.47 Å². The minimum absolute atomic E-state index is 0.0569. The summed E-state index contributed by atoms with van der Waals surface area (Å²) >= 11 is 0. The summed E-state index contributed by atoms with van der Waals surface area (Å²) in [6, 6.07) is 19.8. The number of ketones is 1. The molecule has 23 heavy (non-hydrogen) atoms. The van der Waals surface area contributed by atoms with E-state index in [9.17, 15) is 4.79 Å². The highest BCUT2D eigenvalue weighted by molar-refractivity contribution is 5.85. The molecular weight excluding hydrogens is 288 g/mol. The van der Waals surface area contributed by atoms with Gasteiger partial charge in [0.1, 0.15) is 6.61 Å². The summed E-state index contributed by atoms with van der Waals surface area (Å²) < 4.78 is 11.2. The van der Waals surface area contributed by atoms with Crippen molar-refractivity contribution in [2.45, 2.75) is 27.1 Å². The summed E-state index contributed by atoms with van der Waals surface area (Å²) in [7, 11) is 0. The Balaban J connectivity index is 1.71. The summed E-state index contributed by atoms with van der Waals surface area (Å²) in [5.41, 5.74) is 1.63. The van der Waals surface area contributed by atoms with Crippen LogP contribution in [0.15, 0.2) is 60.7 Å². The van der Waals surface area contributed by atoms with Crippen molar-refractivity contribution in [2.24, 2.45) is 5.41 Å². The molecule has 0 atom stereocenters. The third kappa shape index (κ3) is 5.97. The van der Waals surface area contributed by atoms with Crippen LogP contribution in [0.3, 0.4) is 0 Å². The molecule has 0 unspecified atom stereocenters. The molecule has 3 nitrogen and oxygen atoms in total. The molecule has 0 aliphatic rings. The van der Waals surface area contributed by atoms with Crippen LogP contribution in [0, 0.1) is 5.41 Å². The fraction of sp³-hybridized carbons (Fsp3) is 0.350. The third-order valence-electron chi connectivity index (χ3n) is 3.67. The summed E-state index contributed by atoms with van der Waals surface area (Å²) in [5, 5.41) is 0. The molecule has 0 aliphatic heterocycles. The molecule has 0 saturated carbocycles. The number of carbonyl (C=O) groups excluding carboxylic acids is 1. The van der Waals surface area contributed by atoms with Crippen molar-refractivity contribution >= 4 is 5.78 Å². The Morgan fingerprint density at radius 3 is 1.83 bits per heavy atom. The average Bonchev–Trinajstić information content (AvgIpc) is 2.56. The van der Waals surface area contributed by atoms with Crippen molar-refractivity contribution < 1.29 is 14.3 Å². The smallest absolute Gasteiger partial charge is 0.166 e. The third-order valence-corrected chi connectivity index (χ3v) is 3.67. The van der Waals surface area contributed by atoms with Crippen LogP contribution >= 0.6 is 0 Å². The first-order valence-electron chi connectivity index (χ1n) is 7.84. The zero-order valence-corrected chi connectivity index (χ0v) is 13.8. The van der Waals surface area contributed by atoms with Gasteiger partial charge in [0.25, 0.3) is 0 Å². The van der Waals surface area contributed by atoms with Crippen molar-refractivity contribution in [2.75, 3.05) is 13.2 Å². The second-order valence-electron chi connectivity index (χ2n) is 6.26. The number of carbonyl (C=O) groups is 1. The van der Waals surface area contributed by atoms with Crippen LogP contribution in [0.25, 0.3) is 0 Å². The maximum absolute atomic E-state index is 12.3. The van der Waals surface area contributed by atoms with Crippen LogP contribution in [-0.4, -0.2) is 19.0 Å². The van der Waals surface area contributed by atoms with Gasteiger partial charge in [0, 0.05) is 5.41 Å². The van der Waals surface area contributed by atoms with Crippen molar-refractivity contribution in [3.63, 3.8) is 0 Å². The molecule has 0 N–H and O–H groups in total. The molecule has 2 aromatic carbocycles. The maximum Gasteiger partial charge on any atom is 0.166 e. The lowest BCUT2D eigenvalue weighted by Gasteiger charge is -2.23. The Hall–Kier alpha value is -1.97. The standard InChI is InChI=1S/C20H24O3/c1-20(2,16-23-14-18-11-7-4-8-12-18)19(21)15-22-13-17-9-5-3-6-10-17/h3-12H,13-16H2,1-2H3. The van der Waals surface area contributed by atoms with Gasteiger partial charge in [0.05, 0.1) is 19.8 Å². The van der Waals surface area contributed by atoms with Gasteiger partial charge in [-0.15, -0.1) is 0 Å². The van der Waals surface area contributed by atoms with Crippen LogP contribution in [-0.2, 0) is 27.5 Å². The molecule has 0 bridgehead atoms. The van der Waals surface area contributed by atoms with E-state index < -0.39 is 5.41 Å². The monoisotopic (exact) mass is 312 g/mol. The molecule has 0 amide bonds. The van der Waals surface area contributed by atoms with Gasteiger partial charge in [0.15, 0.2) is 5.78 Å². The molecule has 0 heterocycles. The minimum Gasteiger partial charge on any atom is -0.376 e. The van der Waals surface area contributed by atoms with Crippen LogP contribution in [0.4, 0.5) is 0 Å². The zero-order valence-electron chi connectivity index (χ0n) is 13.8. The Morgan fingerprint density at radius 1 is 0.826 bits per heavy atom. The van der Waals surface area contributed by atoms with Gasteiger partial charge < -0.3 is 9.47 Å². The average molecular weight is 312 g/mol. The van der Waals surface area contributed by atoms with Gasteiger partial charge in [-0.1, -0.05) is 74.5 Å². The minimum atomic E-state index is -0.550. The van der Waals surface area contributed by atoms with Crippen LogP contribution < -0.4 is 0 Å². The summed E-state index contributed by atoms with van der Waals surface area (Å²) in [6.45, 7) is 5.25. The Morgan fingerprint density at radius 2 is 1.30 bits per heavy atom. The number of hydrogen-bond donors (Lipinski definition) is 0. The number of hydrogen-bond acceptors (Lipinski definition) is 3. The highest BCUT2D eigenvalue weighted by Crippen LogP contribution is 2.18. The van der Waals surface area contributed by atoms with E-state index in [0.717, 1.165) is 11.1 Å². The van der Waals surface area contributed by atoms with Crippen molar-refractivity contribution in [1.82, 2.24) is 0 Å². The second kappa shape index (κ2) is 8.61. The summed E-state index contributed by atoms with van der Waals surface area (Å²) in [6.07, 6.45) is 0. The first-order valence-corrected chi connectivity index (χ1v) is 7.84. The van der Waals surface area contributed by atoms with Gasteiger partial charge in [-0.25, -0.2) is 0 Å². The van der Waals surface area contributed by atoms with Gasteiger partial charge in [-0.3, -0.25) is 4.79 Å². The number of benzene rings is 2. The van der Waals surface area contributed by atoms with E-state index in [-0.39, 0.29) is 12.4 Å². The molecule has 0 radical (unpaired) electrons. The highest BCUT2D eigenvalue weighted by Gasteiger charge is 2.27. The highest BCUT2D eigenvalue weighted by atomic mass is 16.5. The largest absolute Gasteiger partial charge is 0.376 e. The van der Waals surface area contributed by atoms with E-state index in [1.165, 1.54) is 0 Å². The Bertz CT molecular complexity index is 591. The fourth-order valence-electron chi connectivity index (χ4n) is 2.11. The lowest BCUT2D eigenvalue weighted by atomic mass is 9.89. The SMILES string of the molecule is CC(C)(COCc1ccccc1)C(=O)COCc1ccccc1. The van der Waals surface area contributed by atoms with E-state index >= 15 is 0 Å². The van der Waals surface area contributed by atoms with E-state index in [1.807, 2.05) is 74.5 Å². The van der Waals surface area contributed by atoms with Gasteiger partial charge >= 0.3 is 0 Å². The molecule has 2 aromatic rings.